The minimum absolute atomic E-state index is 0.0711. The van der Waals surface area contributed by atoms with Crippen LogP contribution in [0.3, 0.4) is 0 Å². The summed E-state index contributed by atoms with van der Waals surface area (Å²) < 4.78 is 23.9. The van der Waals surface area contributed by atoms with E-state index in [0.29, 0.717) is 5.17 Å². The smallest absolute Gasteiger partial charge is 0.244 e. The minimum atomic E-state index is -3.03. The molecule has 1 N–H and O–H groups in total. The van der Waals surface area contributed by atoms with Crippen molar-refractivity contribution in [3.63, 3.8) is 0 Å². The number of thioether (sulfide) groups is 1. The summed E-state index contributed by atoms with van der Waals surface area (Å²) in [5.41, 5.74) is 4.91. The van der Waals surface area contributed by atoms with Crippen LogP contribution < -0.4 is 10.2 Å². The highest BCUT2D eigenvalue weighted by atomic mass is 32.2. The molecule has 0 saturated carbocycles. The molecule has 2 aromatic rings. The number of aryl methyl sites for hydroxylation is 3. The quantitative estimate of drug-likeness (QED) is 0.784. The van der Waals surface area contributed by atoms with Crippen molar-refractivity contribution >= 4 is 44.0 Å². The number of rotatable bonds is 4. The molecule has 0 aliphatic carbocycles. The summed E-state index contributed by atoms with van der Waals surface area (Å²) in [5.74, 6) is 0.0864. The van der Waals surface area contributed by atoms with Gasteiger partial charge in [-0.1, -0.05) is 30.0 Å². The Kier molecular flexibility index (Phi) is 5.63. The van der Waals surface area contributed by atoms with Crippen molar-refractivity contribution in [2.45, 2.75) is 32.1 Å². The predicted molar refractivity (Wildman–Crippen MR) is 124 cm³/mol. The van der Waals surface area contributed by atoms with Crippen molar-refractivity contribution in [3.8, 4) is 0 Å². The molecule has 1 fully saturated rings. The van der Waals surface area contributed by atoms with Crippen molar-refractivity contribution in [1.29, 1.82) is 0 Å². The number of aliphatic imine (C=N–C) groups is 1. The number of amidine groups is 1. The molecule has 4 rings (SSSR count). The predicted octanol–water partition coefficient (Wildman–Crippen LogP) is 3.33. The number of nitrogens with one attached hydrogen (secondary N) is 1. The third-order valence-corrected chi connectivity index (χ3v) is 8.41. The first-order valence-electron chi connectivity index (χ1n) is 9.86. The molecule has 2 heterocycles. The molecule has 6 nitrogen and oxygen atoms in total. The number of amides is 1. The maximum absolute atomic E-state index is 12.9. The number of sulfone groups is 1. The molecule has 158 valence electrons. The van der Waals surface area contributed by atoms with Gasteiger partial charge in [-0.25, -0.2) is 8.42 Å². The Morgan fingerprint density at radius 1 is 1.10 bits per heavy atom. The summed E-state index contributed by atoms with van der Waals surface area (Å²) >= 11 is 1.47. The third-order valence-electron chi connectivity index (χ3n) is 5.16. The van der Waals surface area contributed by atoms with Crippen molar-refractivity contribution in [2.24, 2.45) is 4.99 Å². The molecule has 2 aliphatic heterocycles. The van der Waals surface area contributed by atoms with Crippen LogP contribution in [0.1, 0.15) is 16.7 Å². The van der Waals surface area contributed by atoms with Crippen LogP contribution in [-0.2, 0) is 14.6 Å². The fourth-order valence-corrected chi connectivity index (χ4v) is 7.69. The Morgan fingerprint density at radius 3 is 2.50 bits per heavy atom. The molecule has 0 aromatic heterocycles. The number of hydrogen-bond acceptors (Lipinski definition) is 6. The van der Waals surface area contributed by atoms with Gasteiger partial charge in [0.15, 0.2) is 15.0 Å². The van der Waals surface area contributed by atoms with E-state index < -0.39 is 9.84 Å². The van der Waals surface area contributed by atoms with Gasteiger partial charge in [-0.3, -0.25) is 9.79 Å². The van der Waals surface area contributed by atoms with Crippen molar-refractivity contribution in [2.75, 3.05) is 28.3 Å². The standard InChI is InChI=1S/C22H25N3O3S2/c1-14-5-4-6-17(8-14)23-21(26)11-25(18-9-15(2)7-16(3)10-18)22-24-19-12-30(27,28)13-20(19)29-22/h4-10,19-20H,11-13H2,1-3H3,(H,23,26)/t19-,20-/m0/s1. The van der Waals surface area contributed by atoms with Gasteiger partial charge in [0.2, 0.25) is 5.91 Å². The van der Waals surface area contributed by atoms with Gasteiger partial charge >= 0.3 is 0 Å². The van der Waals surface area contributed by atoms with E-state index in [9.17, 15) is 13.2 Å². The zero-order valence-electron chi connectivity index (χ0n) is 17.3. The van der Waals surface area contributed by atoms with Crippen LogP contribution in [0.2, 0.25) is 0 Å². The molecular weight excluding hydrogens is 418 g/mol. The number of carbonyl (C=O) groups is 1. The van der Waals surface area contributed by atoms with Crippen molar-refractivity contribution < 1.29 is 13.2 Å². The number of carbonyl (C=O) groups excluding carboxylic acids is 1. The van der Waals surface area contributed by atoms with E-state index in [2.05, 4.69) is 11.4 Å². The first-order chi connectivity index (χ1) is 14.2. The van der Waals surface area contributed by atoms with E-state index in [1.807, 2.05) is 62.1 Å². The topological polar surface area (TPSA) is 78.8 Å². The third kappa shape index (κ3) is 4.70. The lowest BCUT2D eigenvalue weighted by molar-refractivity contribution is -0.114. The molecule has 2 atom stereocenters. The van der Waals surface area contributed by atoms with Crippen LogP contribution >= 0.6 is 11.8 Å². The molecule has 2 aliphatic rings. The average molecular weight is 444 g/mol. The highest BCUT2D eigenvalue weighted by Crippen LogP contribution is 2.37. The normalized spacial score (nSPS) is 21.8. The van der Waals surface area contributed by atoms with Crippen LogP contribution in [0, 0.1) is 20.8 Å². The second-order valence-corrected chi connectivity index (χ2v) is 11.4. The van der Waals surface area contributed by atoms with Crippen molar-refractivity contribution in [3.05, 3.63) is 59.2 Å². The van der Waals surface area contributed by atoms with E-state index in [0.717, 1.165) is 28.1 Å². The fraction of sp³-hybridized carbons (Fsp3) is 0.364. The lowest BCUT2D eigenvalue weighted by Crippen LogP contribution is -2.36. The first kappa shape index (κ1) is 20.9. The molecule has 1 saturated heterocycles. The Balaban J connectivity index is 1.60. The highest BCUT2D eigenvalue weighted by molar-refractivity contribution is 8.15. The molecule has 2 aromatic carbocycles. The number of fused-ring (bicyclic) bond motifs is 1. The minimum Gasteiger partial charge on any atom is -0.325 e. The van der Waals surface area contributed by atoms with E-state index >= 15 is 0 Å². The Hall–Kier alpha value is -2.32. The molecule has 30 heavy (non-hydrogen) atoms. The molecule has 0 spiro atoms. The Labute approximate surface area is 181 Å². The molecular formula is C22H25N3O3S2. The summed E-state index contributed by atoms with van der Waals surface area (Å²) in [6.45, 7) is 6.13. The van der Waals surface area contributed by atoms with Gasteiger partial charge in [0.25, 0.3) is 0 Å². The summed E-state index contributed by atoms with van der Waals surface area (Å²) in [6.07, 6.45) is 0. The van der Waals surface area contributed by atoms with Gasteiger partial charge in [-0.15, -0.1) is 0 Å². The van der Waals surface area contributed by atoms with Crippen LogP contribution in [0.5, 0.6) is 0 Å². The fourth-order valence-electron chi connectivity index (χ4n) is 3.91. The van der Waals surface area contributed by atoms with Gasteiger partial charge in [-0.05, 0) is 61.7 Å². The maximum atomic E-state index is 12.9. The van der Waals surface area contributed by atoms with Crippen LogP contribution in [0.25, 0.3) is 0 Å². The molecule has 0 radical (unpaired) electrons. The van der Waals surface area contributed by atoms with Crippen molar-refractivity contribution in [1.82, 2.24) is 0 Å². The largest absolute Gasteiger partial charge is 0.325 e. The molecule has 0 unspecified atom stereocenters. The zero-order valence-corrected chi connectivity index (χ0v) is 18.9. The average Bonchev–Trinajstić information content (AvgIpc) is 3.12. The molecule has 1 amide bonds. The van der Waals surface area contributed by atoms with Crippen LogP contribution in [0.4, 0.5) is 11.4 Å². The summed E-state index contributed by atoms with van der Waals surface area (Å²) in [6, 6.07) is 13.6. The van der Waals surface area contributed by atoms with Gasteiger partial charge in [0, 0.05) is 16.6 Å². The van der Waals surface area contributed by atoms with Crippen LogP contribution in [0.15, 0.2) is 47.5 Å². The van der Waals surface area contributed by atoms with E-state index in [4.69, 9.17) is 4.99 Å². The van der Waals surface area contributed by atoms with E-state index in [-0.39, 0.29) is 35.2 Å². The number of benzene rings is 2. The maximum Gasteiger partial charge on any atom is 0.244 e. The van der Waals surface area contributed by atoms with Gasteiger partial charge in [0.05, 0.1) is 17.5 Å². The monoisotopic (exact) mass is 443 g/mol. The summed E-state index contributed by atoms with van der Waals surface area (Å²) in [7, 11) is -3.03. The summed E-state index contributed by atoms with van der Waals surface area (Å²) in [4.78, 5) is 19.5. The van der Waals surface area contributed by atoms with E-state index in [1.165, 1.54) is 11.8 Å². The Bertz CT molecular complexity index is 1110. The summed E-state index contributed by atoms with van der Waals surface area (Å²) in [5, 5.41) is 3.60. The molecule has 0 bridgehead atoms. The number of anilines is 2. The second kappa shape index (κ2) is 8.07. The molecule has 8 heteroatoms. The lowest BCUT2D eigenvalue weighted by Gasteiger charge is -2.25. The van der Waals surface area contributed by atoms with Gasteiger partial charge in [-0.2, -0.15) is 0 Å². The first-order valence-corrected chi connectivity index (χ1v) is 12.6. The number of hydrogen-bond donors (Lipinski definition) is 1. The second-order valence-electron chi connectivity index (χ2n) is 8.06. The number of nitrogens with zero attached hydrogens (tertiary/aromatic N) is 2. The lowest BCUT2D eigenvalue weighted by atomic mass is 10.1. The van der Waals surface area contributed by atoms with Gasteiger partial charge < -0.3 is 10.2 Å². The Morgan fingerprint density at radius 2 is 1.83 bits per heavy atom. The van der Waals surface area contributed by atoms with E-state index in [1.54, 1.807) is 0 Å². The highest BCUT2D eigenvalue weighted by Gasteiger charge is 2.44. The zero-order chi connectivity index (χ0) is 21.5. The SMILES string of the molecule is Cc1cccc(NC(=O)CN(C2=N[C@H]3CS(=O)(=O)C[C@@H]3S2)c2cc(C)cc(C)c2)c1. The van der Waals surface area contributed by atoms with Gasteiger partial charge in [0.1, 0.15) is 6.54 Å². The van der Waals surface area contributed by atoms with Crippen LogP contribution in [-0.4, -0.2) is 48.8 Å².